The van der Waals surface area contributed by atoms with Crippen LogP contribution in [0.5, 0.6) is 11.5 Å². The zero-order valence-electron chi connectivity index (χ0n) is 17.2. The van der Waals surface area contributed by atoms with Crippen molar-refractivity contribution >= 4 is 11.8 Å². The first kappa shape index (κ1) is 20.7. The molecule has 0 aliphatic carbocycles. The molecule has 0 spiro atoms. The van der Waals surface area contributed by atoms with Crippen LogP contribution in [0.15, 0.2) is 42.5 Å². The van der Waals surface area contributed by atoms with Gasteiger partial charge in [-0.2, -0.15) is 0 Å². The summed E-state index contributed by atoms with van der Waals surface area (Å²) in [5.41, 5.74) is 3.15. The highest BCUT2D eigenvalue weighted by Gasteiger charge is 2.27. The molecule has 0 bridgehead atoms. The minimum absolute atomic E-state index is 0.0420. The van der Waals surface area contributed by atoms with E-state index in [9.17, 15) is 9.59 Å². The van der Waals surface area contributed by atoms with E-state index in [0.29, 0.717) is 31.6 Å². The lowest BCUT2D eigenvalue weighted by Gasteiger charge is -2.30. The van der Waals surface area contributed by atoms with E-state index >= 15 is 0 Å². The van der Waals surface area contributed by atoms with Crippen molar-refractivity contribution in [2.24, 2.45) is 0 Å². The van der Waals surface area contributed by atoms with Crippen molar-refractivity contribution in [1.29, 1.82) is 0 Å². The Morgan fingerprint density at radius 1 is 1.10 bits per heavy atom. The number of nitrogens with one attached hydrogen (secondary N) is 1. The Morgan fingerprint density at radius 2 is 1.90 bits per heavy atom. The number of likely N-dealkylation sites (N-methyl/N-ethyl adjacent to an activating group) is 1. The number of nitrogens with zero attached hydrogens (tertiary/aromatic N) is 1. The van der Waals surface area contributed by atoms with Gasteiger partial charge in [-0.05, 0) is 43.0 Å². The lowest BCUT2D eigenvalue weighted by molar-refractivity contribution is -0.141. The van der Waals surface area contributed by atoms with Gasteiger partial charge in [-0.1, -0.05) is 42.8 Å². The molecule has 0 radical (unpaired) electrons. The fourth-order valence-electron chi connectivity index (χ4n) is 3.58. The summed E-state index contributed by atoms with van der Waals surface area (Å²) in [6.07, 6.45) is 1.45. The van der Waals surface area contributed by atoms with Gasteiger partial charge in [-0.3, -0.25) is 9.59 Å². The Kier molecular flexibility index (Phi) is 6.75. The third-order valence-corrected chi connectivity index (χ3v) is 5.13. The number of fused-ring (bicyclic) bond motifs is 1. The molecule has 1 unspecified atom stereocenters. The van der Waals surface area contributed by atoms with Gasteiger partial charge in [0.1, 0.15) is 6.04 Å². The first-order chi connectivity index (χ1) is 14.0. The topological polar surface area (TPSA) is 67.9 Å². The molecule has 2 aromatic rings. The molecular formula is C23H28N2O4. The van der Waals surface area contributed by atoms with Gasteiger partial charge in [0.05, 0.1) is 0 Å². The molecule has 0 aromatic heterocycles. The van der Waals surface area contributed by atoms with Crippen LogP contribution in [0.1, 0.15) is 36.5 Å². The van der Waals surface area contributed by atoms with Crippen LogP contribution in [0.25, 0.3) is 0 Å². The summed E-state index contributed by atoms with van der Waals surface area (Å²) in [4.78, 5) is 27.3. The van der Waals surface area contributed by atoms with Gasteiger partial charge < -0.3 is 19.7 Å². The van der Waals surface area contributed by atoms with Gasteiger partial charge in [-0.15, -0.1) is 0 Å². The molecule has 0 saturated carbocycles. The normalized spacial score (nSPS) is 13.1. The molecule has 29 heavy (non-hydrogen) atoms. The molecule has 1 N–H and O–H groups in total. The fraction of sp³-hybridized carbons (Fsp3) is 0.391. The number of benzene rings is 2. The van der Waals surface area contributed by atoms with Crippen LogP contribution < -0.4 is 14.8 Å². The minimum atomic E-state index is -0.496. The third kappa shape index (κ3) is 5.08. The largest absolute Gasteiger partial charge is 0.454 e. The summed E-state index contributed by atoms with van der Waals surface area (Å²) in [6, 6.07) is 13.3. The zero-order chi connectivity index (χ0) is 20.8. The fourth-order valence-corrected chi connectivity index (χ4v) is 3.58. The number of aryl methyl sites for hydroxylation is 2. The molecule has 0 fully saturated rings. The van der Waals surface area contributed by atoms with Crippen molar-refractivity contribution < 1.29 is 19.1 Å². The quantitative estimate of drug-likeness (QED) is 0.744. The molecule has 0 saturated heterocycles. The predicted octanol–water partition coefficient (Wildman–Crippen LogP) is 3.21. The van der Waals surface area contributed by atoms with Crippen LogP contribution in [0.4, 0.5) is 0 Å². The summed E-state index contributed by atoms with van der Waals surface area (Å²) in [5, 5.41) is 2.69. The van der Waals surface area contributed by atoms with Crippen LogP contribution in [-0.4, -0.2) is 36.6 Å². The van der Waals surface area contributed by atoms with Crippen molar-refractivity contribution in [3.05, 3.63) is 59.2 Å². The lowest BCUT2D eigenvalue weighted by Crippen LogP contribution is -2.48. The van der Waals surface area contributed by atoms with Crippen LogP contribution in [0.2, 0.25) is 0 Å². The van der Waals surface area contributed by atoms with Crippen molar-refractivity contribution in [3.63, 3.8) is 0 Å². The van der Waals surface area contributed by atoms with E-state index in [1.165, 1.54) is 0 Å². The van der Waals surface area contributed by atoms with Crippen molar-refractivity contribution in [1.82, 2.24) is 10.2 Å². The van der Waals surface area contributed by atoms with Crippen LogP contribution in [0.3, 0.4) is 0 Å². The van der Waals surface area contributed by atoms with Crippen LogP contribution in [0, 0.1) is 6.92 Å². The molecule has 6 heteroatoms. The molecule has 1 heterocycles. The highest BCUT2D eigenvalue weighted by Crippen LogP contribution is 2.32. The number of hydrogen-bond donors (Lipinski definition) is 1. The van der Waals surface area contributed by atoms with Crippen LogP contribution in [-0.2, 0) is 22.6 Å². The molecule has 1 aliphatic rings. The molecule has 2 aromatic carbocycles. The monoisotopic (exact) mass is 396 g/mol. The number of ether oxygens (including phenoxy) is 2. The van der Waals surface area contributed by atoms with Crippen molar-refractivity contribution in [2.45, 2.75) is 45.7 Å². The van der Waals surface area contributed by atoms with Gasteiger partial charge >= 0.3 is 0 Å². The zero-order valence-corrected chi connectivity index (χ0v) is 17.2. The first-order valence-corrected chi connectivity index (χ1v) is 9.97. The van der Waals surface area contributed by atoms with E-state index in [4.69, 9.17) is 9.47 Å². The van der Waals surface area contributed by atoms with Gasteiger partial charge in [-0.25, -0.2) is 0 Å². The molecular weight excluding hydrogens is 368 g/mol. The number of amides is 2. The van der Waals surface area contributed by atoms with Crippen LogP contribution >= 0.6 is 0 Å². The van der Waals surface area contributed by atoms with E-state index < -0.39 is 6.04 Å². The summed E-state index contributed by atoms with van der Waals surface area (Å²) >= 11 is 0. The average Bonchev–Trinajstić information content (AvgIpc) is 3.19. The van der Waals surface area contributed by atoms with E-state index in [1.807, 2.05) is 50.2 Å². The van der Waals surface area contributed by atoms with E-state index in [0.717, 1.165) is 22.4 Å². The number of carbonyl (C=O) groups is 2. The Balaban J connectivity index is 1.74. The summed E-state index contributed by atoms with van der Waals surface area (Å²) in [6.45, 7) is 4.58. The van der Waals surface area contributed by atoms with E-state index in [-0.39, 0.29) is 18.6 Å². The second kappa shape index (κ2) is 9.45. The van der Waals surface area contributed by atoms with Crippen molar-refractivity contribution in [2.75, 3.05) is 13.8 Å². The molecule has 3 rings (SSSR count). The van der Waals surface area contributed by atoms with E-state index in [1.54, 1.807) is 11.9 Å². The predicted molar refractivity (Wildman–Crippen MR) is 111 cm³/mol. The van der Waals surface area contributed by atoms with Gasteiger partial charge in [0.25, 0.3) is 0 Å². The first-order valence-electron chi connectivity index (χ1n) is 9.97. The standard InChI is InChI=1S/C23H28N2O4/c1-4-19(23(27)24-3)25(14-18-7-5-6-16(2)12-18)22(26)11-9-17-8-10-20-21(13-17)29-15-28-20/h5-8,10,12-13,19H,4,9,11,14-15H2,1-3H3,(H,24,27). The lowest BCUT2D eigenvalue weighted by atomic mass is 10.0. The maximum atomic E-state index is 13.2. The Bertz CT molecular complexity index is 881. The maximum absolute atomic E-state index is 13.2. The molecule has 1 atom stereocenters. The second-order valence-electron chi connectivity index (χ2n) is 7.24. The Labute approximate surface area is 171 Å². The average molecular weight is 396 g/mol. The highest BCUT2D eigenvalue weighted by atomic mass is 16.7. The summed E-state index contributed by atoms with van der Waals surface area (Å²) in [7, 11) is 1.60. The van der Waals surface area contributed by atoms with E-state index in [2.05, 4.69) is 11.4 Å². The number of hydrogen-bond acceptors (Lipinski definition) is 4. The maximum Gasteiger partial charge on any atom is 0.242 e. The molecule has 2 amide bonds. The molecule has 154 valence electrons. The third-order valence-electron chi connectivity index (χ3n) is 5.13. The summed E-state index contributed by atoms with van der Waals surface area (Å²) < 4.78 is 10.8. The number of carbonyl (C=O) groups excluding carboxylic acids is 2. The minimum Gasteiger partial charge on any atom is -0.454 e. The SMILES string of the molecule is CCC(C(=O)NC)N(Cc1cccc(C)c1)C(=O)CCc1ccc2c(c1)OCO2. The number of rotatable bonds is 8. The van der Waals surface area contributed by atoms with Crippen molar-refractivity contribution in [3.8, 4) is 11.5 Å². The second-order valence-corrected chi connectivity index (χ2v) is 7.24. The van der Waals surface area contributed by atoms with Gasteiger partial charge in [0.15, 0.2) is 11.5 Å². The summed E-state index contributed by atoms with van der Waals surface area (Å²) in [5.74, 6) is 1.26. The molecule has 1 aliphatic heterocycles. The molecule has 6 nitrogen and oxygen atoms in total. The van der Waals surface area contributed by atoms with Gasteiger partial charge in [0, 0.05) is 20.0 Å². The Hall–Kier alpha value is -3.02. The smallest absolute Gasteiger partial charge is 0.242 e. The highest BCUT2D eigenvalue weighted by molar-refractivity contribution is 5.87. The Morgan fingerprint density at radius 3 is 2.62 bits per heavy atom. The van der Waals surface area contributed by atoms with Gasteiger partial charge in [0.2, 0.25) is 18.6 Å².